The summed E-state index contributed by atoms with van der Waals surface area (Å²) in [7, 11) is 0. The molecule has 0 aliphatic carbocycles. The molecule has 0 heterocycles. The van der Waals surface area contributed by atoms with Crippen LogP contribution in [-0.2, 0) is 9.53 Å². The molecule has 0 aliphatic rings. The molecule has 1 aromatic rings. The molecule has 0 saturated carbocycles. The third-order valence-corrected chi connectivity index (χ3v) is 2.69. The second-order valence-electron chi connectivity index (χ2n) is 4.22. The Morgan fingerprint density at radius 2 is 1.95 bits per heavy atom. The number of halogens is 5. The predicted molar refractivity (Wildman–Crippen MR) is 64.4 cm³/mol. The van der Waals surface area contributed by atoms with Crippen molar-refractivity contribution >= 4 is 5.91 Å². The molecule has 0 bridgehead atoms. The van der Waals surface area contributed by atoms with Gasteiger partial charge in [-0.3, -0.25) is 4.79 Å². The zero-order valence-electron chi connectivity index (χ0n) is 11.3. The first-order valence-corrected chi connectivity index (χ1v) is 6.11. The zero-order chi connectivity index (χ0) is 16.2. The van der Waals surface area contributed by atoms with Gasteiger partial charge in [0.05, 0.1) is 0 Å². The summed E-state index contributed by atoms with van der Waals surface area (Å²) in [6.45, 7) is 2.95. The number of amides is 1. The summed E-state index contributed by atoms with van der Waals surface area (Å²) in [5, 5.41) is 1.63. The highest BCUT2D eigenvalue weighted by molar-refractivity contribution is 5.80. The van der Waals surface area contributed by atoms with Crippen LogP contribution in [-0.4, -0.2) is 24.8 Å². The Hall–Kier alpha value is -1.70. The van der Waals surface area contributed by atoms with Gasteiger partial charge in [-0.05, 0) is 19.9 Å². The molecule has 0 spiro atoms. The van der Waals surface area contributed by atoms with Crippen molar-refractivity contribution in [1.82, 2.24) is 5.32 Å². The summed E-state index contributed by atoms with van der Waals surface area (Å²) in [5.74, 6) is -4.14. The third kappa shape index (κ3) is 4.38. The van der Waals surface area contributed by atoms with E-state index in [4.69, 9.17) is 4.74 Å². The van der Waals surface area contributed by atoms with Gasteiger partial charge >= 0.3 is 6.18 Å². The van der Waals surface area contributed by atoms with E-state index in [1.807, 2.05) is 0 Å². The molecule has 2 atom stereocenters. The third-order valence-electron chi connectivity index (χ3n) is 2.69. The molecule has 0 fully saturated rings. The molecule has 8 heteroatoms. The van der Waals surface area contributed by atoms with E-state index in [2.05, 4.69) is 0 Å². The lowest BCUT2D eigenvalue weighted by molar-refractivity contribution is -0.167. The van der Waals surface area contributed by atoms with Crippen LogP contribution in [0.4, 0.5) is 22.0 Å². The molecule has 0 aromatic heterocycles. The van der Waals surface area contributed by atoms with Gasteiger partial charge < -0.3 is 10.1 Å². The highest BCUT2D eigenvalue weighted by Crippen LogP contribution is 2.34. The number of ether oxygens (including phenoxy) is 1. The number of benzene rings is 1. The van der Waals surface area contributed by atoms with Crippen molar-refractivity contribution < 1.29 is 31.5 Å². The number of alkyl halides is 3. The summed E-state index contributed by atoms with van der Waals surface area (Å²) in [6, 6.07) is -0.257. The van der Waals surface area contributed by atoms with E-state index in [1.54, 1.807) is 12.2 Å². The molecule has 0 radical (unpaired) electrons. The van der Waals surface area contributed by atoms with Crippen LogP contribution in [0.2, 0.25) is 0 Å². The summed E-state index contributed by atoms with van der Waals surface area (Å²) in [4.78, 5) is 11.6. The molecular weight excluding hydrogens is 297 g/mol. The number of hydrogen-bond acceptors (Lipinski definition) is 2. The number of hydrogen-bond donors (Lipinski definition) is 1. The molecular formula is C13H14F5NO2. The van der Waals surface area contributed by atoms with E-state index < -0.39 is 41.4 Å². The number of nitrogens with one attached hydrogen (secondary N) is 1. The highest BCUT2D eigenvalue weighted by Gasteiger charge is 2.44. The van der Waals surface area contributed by atoms with E-state index in [1.165, 1.54) is 6.92 Å². The lowest BCUT2D eigenvalue weighted by Crippen LogP contribution is -2.43. The lowest BCUT2D eigenvalue weighted by atomic mass is 10.0. The van der Waals surface area contributed by atoms with E-state index in [0.29, 0.717) is 6.07 Å². The molecule has 0 unspecified atom stereocenters. The van der Waals surface area contributed by atoms with Gasteiger partial charge in [-0.15, -0.1) is 0 Å². The van der Waals surface area contributed by atoms with E-state index in [0.717, 1.165) is 12.1 Å². The second kappa shape index (κ2) is 6.84. The molecule has 118 valence electrons. The Labute approximate surface area is 118 Å². The summed E-state index contributed by atoms with van der Waals surface area (Å²) >= 11 is 0. The predicted octanol–water partition coefficient (Wildman–Crippen LogP) is 3.11. The Morgan fingerprint density at radius 1 is 1.33 bits per heavy atom. The van der Waals surface area contributed by atoms with Gasteiger partial charge in [0, 0.05) is 12.2 Å². The van der Waals surface area contributed by atoms with Crippen LogP contribution in [0.3, 0.4) is 0 Å². The first-order valence-electron chi connectivity index (χ1n) is 6.11. The average molecular weight is 311 g/mol. The topological polar surface area (TPSA) is 38.3 Å². The van der Waals surface area contributed by atoms with Crippen LogP contribution in [0.15, 0.2) is 18.2 Å². The molecule has 1 N–H and O–H groups in total. The molecule has 1 aromatic carbocycles. The maximum absolute atomic E-state index is 13.5. The standard InChI is InChI=1S/C13H14F5NO2/c1-3-21-7(2)12(20)19-11(13(16,17)18)8-5-4-6-9(14)10(8)15/h4-7,11H,3H2,1-2H3,(H,19,20)/t7-,11+/m1/s1. The largest absolute Gasteiger partial charge is 0.412 e. The number of carbonyl (C=O) groups is 1. The van der Waals surface area contributed by atoms with Gasteiger partial charge in [-0.25, -0.2) is 8.78 Å². The van der Waals surface area contributed by atoms with E-state index >= 15 is 0 Å². The van der Waals surface area contributed by atoms with Gasteiger partial charge in [0.2, 0.25) is 5.91 Å². The first kappa shape index (κ1) is 17.4. The molecule has 1 rings (SSSR count). The van der Waals surface area contributed by atoms with Crippen molar-refractivity contribution in [2.24, 2.45) is 0 Å². The fourth-order valence-electron chi connectivity index (χ4n) is 1.66. The van der Waals surface area contributed by atoms with Gasteiger partial charge in [-0.1, -0.05) is 12.1 Å². The van der Waals surface area contributed by atoms with Crippen LogP contribution in [0, 0.1) is 11.6 Å². The minimum Gasteiger partial charge on any atom is -0.369 e. The van der Waals surface area contributed by atoms with Gasteiger partial charge in [-0.2, -0.15) is 13.2 Å². The van der Waals surface area contributed by atoms with Crippen molar-refractivity contribution in [3.05, 3.63) is 35.4 Å². The van der Waals surface area contributed by atoms with Crippen molar-refractivity contribution in [3.8, 4) is 0 Å². The van der Waals surface area contributed by atoms with Gasteiger partial charge in [0.1, 0.15) is 6.10 Å². The van der Waals surface area contributed by atoms with Crippen LogP contribution in [0.1, 0.15) is 25.5 Å². The van der Waals surface area contributed by atoms with Gasteiger partial charge in [0.15, 0.2) is 17.7 Å². The normalized spacial score (nSPS) is 14.6. The van der Waals surface area contributed by atoms with Crippen LogP contribution < -0.4 is 5.32 Å². The minimum absolute atomic E-state index is 0.125. The molecule has 21 heavy (non-hydrogen) atoms. The summed E-state index contributed by atoms with van der Waals surface area (Å²) in [5.41, 5.74) is -0.987. The number of rotatable bonds is 5. The molecule has 3 nitrogen and oxygen atoms in total. The lowest BCUT2D eigenvalue weighted by Gasteiger charge is -2.24. The van der Waals surface area contributed by atoms with Crippen molar-refractivity contribution in [2.75, 3.05) is 6.61 Å². The quantitative estimate of drug-likeness (QED) is 0.849. The summed E-state index contributed by atoms with van der Waals surface area (Å²) in [6.07, 6.45) is -6.12. The van der Waals surface area contributed by atoms with Crippen molar-refractivity contribution in [2.45, 2.75) is 32.2 Å². The number of carbonyl (C=O) groups excluding carboxylic acids is 1. The molecule has 0 aliphatic heterocycles. The Kier molecular flexibility index (Phi) is 5.65. The second-order valence-corrected chi connectivity index (χ2v) is 4.22. The van der Waals surface area contributed by atoms with Crippen LogP contribution in [0.5, 0.6) is 0 Å². The van der Waals surface area contributed by atoms with Crippen LogP contribution >= 0.6 is 0 Å². The van der Waals surface area contributed by atoms with E-state index in [-0.39, 0.29) is 6.61 Å². The van der Waals surface area contributed by atoms with Crippen LogP contribution in [0.25, 0.3) is 0 Å². The molecule has 1 amide bonds. The fourth-order valence-corrected chi connectivity index (χ4v) is 1.66. The zero-order valence-corrected chi connectivity index (χ0v) is 11.3. The first-order chi connectivity index (χ1) is 9.68. The maximum atomic E-state index is 13.5. The fraction of sp³-hybridized carbons (Fsp3) is 0.462. The smallest absolute Gasteiger partial charge is 0.369 e. The van der Waals surface area contributed by atoms with Crippen molar-refractivity contribution in [3.63, 3.8) is 0 Å². The van der Waals surface area contributed by atoms with Gasteiger partial charge in [0.25, 0.3) is 0 Å². The molecule has 0 saturated heterocycles. The summed E-state index contributed by atoms with van der Waals surface area (Å²) < 4.78 is 70.4. The monoisotopic (exact) mass is 311 g/mol. The maximum Gasteiger partial charge on any atom is 0.412 e. The Balaban J connectivity index is 3.08. The SMILES string of the molecule is CCO[C@H](C)C(=O)N[C@@H](c1cccc(F)c1F)C(F)(F)F. The average Bonchev–Trinajstić information content (AvgIpc) is 2.38. The highest BCUT2D eigenvalue weighted by atomic mass is 19.4. The van der Waals surface area contributed by atoms with E-state index in [9.17, 15) is 26.7 Å². The van der Waals surface area contributed by atoms with Crippen molar-refractivity contribution in [1.29, 1.82) is 0 Å². The minimum atomic E-state index is -4.98. The Morgan fingerprint density at radius 3 is 2.48 bits per heavy atom. The Bertz CT molecular complexity index is 504.